The van der Waals surface area contributed by atoms with Gasteiger partial charge in [0.25, 0.3) is 0 Å². The van der Waals surface area contributed by atoms with E-state index in [-0.39, 0.29) is 5.97 Å². The molecule has 0 fully saturated rings. The van der Waals surface area contributed by atoms with Crippen LogP contribution in [0.5, 0.6) is 0 Å². The number of esters is 1. The number of carbonyl (C=O) groups excluding carboxylic acids is 1. The quantitative estimate of drug-likeness (QED) is 0.236. The molecule has 0 saturated carbocycles. The van der Waals surface area contributed by atoms with Crippen molar-refractivity contribution < 1.29 is 9.53 Å². The number of allylic oxidation sites excluding steroid dienone is 1. The van der Waals surface area contributed by atoms with E-state index in [1.54, 1.807) is 6.92 Å². The maximum absolute atomic E-state index is 12.4. The summed E-state index contributed by atoms with van der Waals surface area (Å²) < 4.78 is 5.26. The fourth-order valence-corrected chi connectivity index (χ4v) is 2.42. The molecule has 0 heterocycles. The zero-order valence-electron chi connectivity index (χ0n) is 14.5. The summed E-state index contributed by atoms with van der Waals surface area (Å²) in [4.78, 5) is 12.4. The molecule has 0 bridgehead atoms. The van der Waals surface area contributed by atoms with Gasteiger partial charge < -0.3 is 4.74 Å². The first-order valence-corrected chi connectivity index (χ1v) is 8.74. The molecule has 0 saturated heterocycles. The molecule has 0 aromatic rings. The molecule has 21 heavy (non-hydrogen) atoms. The second-order valence-electron chi connectivity index (χ2n) is 5.86. The molecule has 0 rings (SSSR count). The molecule has 0 aromatic carbocycles. The largest absolute Gasteiger partial charge is 0.444 e. The van der Waals surface area contributed by atoms with Crippen molar-refractivity contribution in [1.82, 2.24) is 0 Å². The summed E-state index contributed by atoms with van der Waals surface area (Å²) in [6, 6.07) is 0. The highest BCUT2D eigenvalue weighted by molar-refractivity contribution is 5.89. The molecular weight excluding hydrogens is 262 g/mol. The van der Waals surface area contributed by atoms with Crippen LogP contribution in [0.1, 0.15) is 91.9 Å². The third kappa shape index (κ3) is 9.67. The highest BCUT2D eigenvalue weighted by Crippen LogP contribution is 2.24. The van der Waals surface area contributed by atoms with E-state index in [4.69, 9.17) is 10.5 Å². The standard InChI is InChI=1S/C18H35NO2/c1-5-8-11-14-17(18(20)21-15(4)19)16(12-9-6-2)13-10-7-3/h15H,5-14,19H2,1-4H3. The van der Waals surface area contributed by atoms with Crippen molar-refractivity contribution in [3.05, 3.63) is 11.1 Å². The Hall–Kier alpha value is -0.830. The first kappa shape index (κ1) is 20.2. The second kappa shape index (κ2) is 12.9. The second-order valence-corrected chi connectivity index (χ2v) is 5.86. The summed E-state index contributed by atoms with van der Waals surface area (Å²) in [5.74, 6) is -0.191. The van der Waals surface area contributed by atoms with Crippen molar-refractivity contribution in [2.24, 2.45) is 5.73 Å². The fourth-order valence-electron chi connectivity index (χ4n) is 2.42. The van der Waals surface area contributed by atoms with Gasteiger partial charge in [0.1, 0.15) is 6.23 Å². The van der Waals surface area contributed by atoms with Crippen molar-refractivity contribution in [1.29, 1.82) is 0 Å². The molecule has 2 N–H and O–H groups in total. The van der Waals surface area contributed by atoms with Crippen molar-refractivity contribution in [3.8, 4) is 0 Å². The lowest BCUT2D eigenvalue weighted by molar-refractivity contribution is -0.143. The molecule has 0 amide bonds. The topological polar surface area (TPSA) is 52.3 Å². The summed E-state index contributed by atoms with van der Waals surface area (Å²) in [5, 5.41) is 0. The van der Waals surface area contributed by atoms with Gasteiger partial charge in [-0.15, -0.1) is 0 Å². The van der Waals surface area contributed by atoms with Crippen LogP contribution in [0.3, 0.4) is 0 Å². The SMILES string of the molecule is CCCCCC(C(=O)OC(C)N)=C(CCCC)CCCC. The van der Waals surface area contributed by atoms with Crippen LogP contribution in [0.15, 0.2) is 11.1 Å². The zero-order valence-corrected chi connectivity index (χ0v) is 14.5. The molecule has 1 unspecified atom stereocenters. The maximum atomic E-state index is 12.4. The van der Waals surface area contributed by atoms with Crippen molar-refractivity contribution in [2.45, 2.75) is 98.1 Å². The van der Waals surface area contributed by atoms with Crippen LogP contribution in [0.2, 0.25) is 0 Å². The van der Waals surface area contributed by atoms with E-state index in [1.165, 1.54) is 5.57 Å². The summed E-state index contributed by atoms with van der Waals surface area (Å²) in [5.41, 5.74) is 7.83. The van der Waals surface area contributed by atoms with E-state index >= 15 is 0 Å². The third-order valence-corrected chi connectivity index (χ3v) is 3.66. The van der Waals surface area contributed by atoms with Gasteiger partial charge in [-0.2, -0.15) is 0 Å². The van der Waals surface area contributed by atoms with Crippen LogP contribution < -0.4 is 5.73 Å². The Morgan fingerprint density at radius 2 is 1.43 bits per heavy atom. The number of nitrogens with two attached hydrogens (primary N) is 1. The lowest BCUT2D eigenvalue weighted by Gasteiger charge is -2.16. The lowest BCUT2D eigenvalue weighted by Crippen LogP contribution is -2.25. The molecule has 1 atom stereocenters. The molecule has 0 aliphatic rings. The van der Waals surface area contributed by atoms with Crippen LogP contribution in [0, 0.1) is 0 Å². The summed E-state index contributed by atoms with van der Waals surface area (Å²) in [7, 11) is 0. The number of ether oxygens (including phenoxy) is 1. The fraction of sp³-hybridized carbons (Fsp3) is 0.833. The first-order valence-electron chi connectivity index (χ1n) is 8.74. The molecule has 124 valence electrons. The van der Waals surface area contributed by atoms with Crippen LogP contribution >= 0.6 is 0 Å². The molecule has 0 spiro atoms. The van der Waals surface area contributed by atoms with Gasteiger partial charge in [0.2, 0.25) is 0 Å². The number of unbranched alkanes of at least 4 members (excludes halogenated alkanes) is 4. The number of hydrogen-bond acceptors (Lipinski definition) is 3. The normalized spacial score (nSPS) is 12.0. The highest BCUT2D eigenvalue weighted by Gasteiger charge is 2.17. The number of carbonyl (C=O) groups is 1. The Balaban J connectivity index is 5.06. The minimum atomic E-state index is -0.530. The Morgan fingerprint density at radius 3 is 1.86 bits per heavy atom. The van der Waals surface area contributed by atoms with E-state index in [0.717, 1.165) is 69.8 Å². The average molecular weight is 297 g/mol. The Kier molecular flexibility index (Phi) is 12.4. The molecule has 3 nitrogen and oxygen atoms in total. The van der Waals surface area contributed by atoms with E-state index in [9.17, 15) is 4.79 Å². The first-order chi connectivity index (χ1) is 10.1. The number of hydrogen-bond donors (Lipinski definition) is 1. The lowest BCUT2D eigenvalue weighted by atomic mass is 9.94. The molecule has 0 aromatic heterocycles. The minimum Gasteiger partial charge on any atom is -0.444 e. The van der Waals surface area contributed by atoms with Gasteiger partial charge in [0.15, 0.2) is 0 Å². The molecule has 0 radical (unpaired) electrons. The van der Waals surface area contributed by atoms with Gasteiger partial charge in [0.05, 0.1) is 0 Å². The minimum absolute atomic E-state index is 0.191. The molecule has 0 aliphatic heterocycles. The Morgan fingerprint density at radius 1 is 0.905 bits per heavy atom. The highest BCUT2D eigenvalue weighted by atomic mass is 16.6. The van der Waals surface area contributed by atoms with Gasteiger partial charge in [-0.3, -0.25) is 5.73 Å². The van der Waals surface area contributed by atoms with Crippen LogP contribution in [-0.2, 0) is 9.53 Å². The van der Waals surface area contributed by atoms with Gasteiger partial charge in [-0.05, 0) is 45.4 Å². The monoisotopic (exact) mass is 297 g/mol. The number of rotatable bonds is 12. The van der Waals surface area contributed by atoms with Gasteiger partial charge >= 0.3 is 5.97 Å². The molecule has 3 heteroatoms. The van der Waals surface area contributed by atoms with Crippen molar-refractivity contribution in [3.63, 3.8) is 0 Å². The van der Waals surface area contributed by atoms with Crippen LogP contribution in [0.4, 0.5) is 0 Å². The van der Waals surface area contributed by atoms with E-state index < -0.39 is 6.23 Å². The van der Waals surface area contributed by atoms with Gasteiger partial charge in [-0.1, -0.05) is 52.0 Å². The van der Waals surface area contributed by atoms with Crippen LogP contribution in [0.25, 0.3) is 0 Å². The predicted octanol–water partition coefficient (Wildman–Crippen LogP) is 5.09. The average Bonchev–Trinajstić information content (AvgIpc) is 2.44. The molecular formula is C18H35NO2. The van der Waals surface area contributed by atoms with Crippen LogP contribution in [-0.4, -0.2) is 12.2 Å². The Bertz CT molecular complexity index is 298. The smallest absolute Gasteiger partial charge is 0.335 e. The van der Waals surface area contributed by atoms with E-state index in [2.05, 4.69) is 20.8 Å². The maximum Gasteiger partial charge on any atom is 0.335 e. The summed E-state index contributed by atoms with van der Waals surface area (Å²) in [6.45, 7) is 8.26. The third-order valence-electron chi connectivity index (χ3n) is 3.66. The van der Waals surface area contributed by atoms with Gasteiger partial charge in [0, 0.05) is 5.57 Å². The Labute approximate surface area is 131 Å². The van der Waals surface area contributed by atoms with Crippen molar-refractivity contribution in [2.75, 3.05) is 0 Å². The van der Waals surface area contributed by atoms with E-state index in [1.807, 2.05) is 0 Å². The van der Waals surface area contributed by atoms with E-state index in [0.29, 0.717) is 0 Å². The van der Waals surface area contributed by atoms with Crippen molar-refractivity contribution >= 4 is 5.97 Å². The predicted molar refractivity (Wildman–Crippen MR) is 90.0 cm³/mol. The van der Waals surface area contributed by atoms with Gasteiger partial charge in [-0.25, -0.2) is 4.79 Å². The zero-order chi connectivity index (χ0) is 16.1. The summed E-state index contributed by atoms with van der Waals surface area (Å²) in [6.07, 6.45) is 10.3. The molecule has 0 aliphatic carbocycles. The summed E-state index contributed by atoms with van der Waals surface area (Å²) >= 11 is 0.